The number of carbonyl (C=O) groups excluding carboxylic acids is 1. The first-order valence-corrected chi connectivity index (χ1v) is 4.70. The van der Waals surface area contributed by atoms with Crippen LogP contribution in [0.3, 0.4) is 0 Å². The van der Waals surface area contributed by atoms with Gasteiger partial charge in [0.15, 0.2) is 0 Å². The zero-order chi connectivity index (χ0) is 12.0. The first kappa shape index (κ1) is 12.0. The van der Waals surface area contributed by atoms with Crippen molar-refractivity contribution in [3.8, 4) is 5.75 Å². The number of allylic oxidation sites excluding steroid dienone is 1. The van der Waals surface area contributed by atoms with Crippen molar-refractivity contribution >= 4 is 18.3 Å². The van der Waals surface area contributed by atoms with Gasteiger partial charge in [0.1, 0.15) is 17.6 Å². The summed E-state index contributed by atoms with van der Waals surface area (Å²) >= 11 is 0. The summed E-state index contributed by atoms with van der Waals surface area (Å²) in [7, 11) is 1.42. The van der Waals surface area contributed by atoms with Crippen LogP contribution in [0.5, 0.6) is 5.75 Å². The van der Waals surface area contributed by atoms with E-state index >= 15 is 0 Å². The van der Waals surface area contributed by atoms with Crippen LogP contribution >= 0.6 is 0 Å². The maximum absolute atomic E-state index is 10.9. The Balaban J connectivity index is 3.02. The molecule has 4 heteroatoms. The summed E-state index contributed by atoms with van der Waals surface area (Å²) in [5.74, 6) is -0.720. The van der Waals surface area contributed by atoms with Gasteiger partial charge in [-0.1, -0.05) is 18.2 Å². The molecule has 0 radical (unpaired) electrons. The van der Waals surface area contributed by atoms with Gasteiger partial charge in [0.2, 0.25) is 0 Å². The molecule has 1 N–H and O–H groups in total. The first-order valence-electron chi connectivity index (χ1n) is 4.70. The Labute approximate surface area is 93.2 Å². The lowest BCUT2D eigenvalue weighted by atomic mass is 10.1. The summed E-state index contributed by atoms with van der Waals surface area (Å²) in [6, 6.07) is 4.82. The van der Waals surface area contributed by atoms with E-state index in [0.29, 0.717) is 12.2 Å². The summed E-state index contributed by atoms with van der Waals surface area (Å²) in [4.78, 5) is 21.0. The molecule has 0 aliphatic carbocycles. The fraction of sp³-hybridized carbons (Fsp3) is 0.167. The van der Waals surface area contributed by atoms with Crippen LogP contribution in [0.2, 0.25) is 0 Å². The van der Waals surface area contributed by atoms with E-state index in [4.69, 9.17) is 9.84 Å². The average molecular weight is 220 g/mol. The Morgan fingerprint density at radius 2 is 2.25 bits per heavy atom. The minimum Gasteiger partial charge on any atom is -0.496 e. The number of hydrogen-bond acceptors (Lipinski definition) is 3. The maximum Gasteiger partial charge on any atom is 0.339 e. The van der Waals surface area contributed by atoms with Crippen molar-refractivity contribution in [1.29, 1.82) is 0 Å². The lowest BCUT2D eigenvalue weighted by molar-refractivity contribution is -0.107. The SMILES string of the molecule is COc1ccc(C=CCC=O)cc1C(=O)O. The lowest BCUT2D eigenvalue weighted by Crippen LogP contribution is -2.00. The minimum absolute atomic E-state index is 0.107. The van der Waals surface area contributed by atoms with E-state index in [0.717, 1.165) is 11.8 Å². The number of aldehydes is 1. The van der Waals surface area contributed by atoms with Gasteiger partial charge in [-0.3, -0.25) is 0 Å². The van der Waals surface area contributed by atoms with Crippen molar-refractivity contribution in [2.24, 2.45) is 0 Å². The van der Waals surface area contributed by atoms with Crippen LogP contribution in [0.1, 0.15) is 22.3 Å². The molecule has 0 aliphatic heterocycles. The second kappa shape index (κ2) is 5.70. The number of hydrogen-bond donors (Lipinski definition) is 1. The largest absolute Gasteiger partial charge is 0.496 e. The summed E-state index contributed by atoms with van der Waals surface area (Å²) in [6.45, 7) is 0. The van der Waals surface area contributed by atoms with Crippen molar-refractivity contribution in [3.63, 3.8) is 0 Å². The molecule has 0 heterocycles. The third-order valence-electron chi connectivity index (χ3n) is 2.00. The number of rotatable bonds is 5. The molecule has 0 aromatic heterocycles. The van der Waals surface area contributed by atoms with E-state index < -0.39 is 5.97 Å². The molecular formula is C12H12O4. The molecule has 0 spiro atoms. The fourth-order valence-electron chi connectivity index (χ4n) is 1.26. The Bertz CT molecular complexity index is 421. The summed E-state index contributed by atoms with van der Waals surface area (Å²) < 4.78 is 4.93. The average Bonchev–Trinajstić information content (AvgIpc) is 2.29. The van der Waals surface area contributed by atoms with Crippen molar-refractivity contribution in [2.75, 3.05) is 7.11 Å². The fourth-order valence-corrected chi connectivity index (χ4v) is 1.26. The van der Waals surface area contributed by atoms with E-state index in [2.05, 4.69) is 0 Å². The predicted octanol–water partition coefficient (Wildman–Crippen LogP) is 2.00. The molecule has 0 aliphatic rings. The van der Waals surface area contributed by atoms with Crippen molar-refractivity contribution < 1.29 is 19.4 Å². The molecule has 0 saturated heterocycles. The quantitative estimate of drug-likeness (QED) is 0.771. The predicted molar refractivity (Wildman–Crippen MR) is 59.7 cm³/mol. The summed E-state index contributed by atoms with van der Waals surface area (Å²) in [5, 5.41) is 8.93. The van der Waals surface area contributed by atoms with Crippen LogP contribution in [0.4, 0.5) is 0 Å². The molecule has 1 aromatic rings. The molecular weight excluding hydrogens is 208 g/mol. The number of aromatic carboxylic acids is 1. The molecule has 4 nitrogen and oxygen atoms in total. The van der Waals surface area contributed by atoms with Gasteiger partial charge in [-0.05, 0) is 17.7 Å². The van der Waals surface area contributed by atoms with Gasteiger partial charge in [0.05, 0.1) is 7.11 Å². The monoisotopic (exact) mass is 220 g/mol. The number of methoxy groups -OCH3 is 1. The number of carboxylic acids is 1. The van der Waals surface area contributed by atoms with Gasteiger partial charge in [-0.25, -0.2) is 4.79 Å². The first-order chi connectivity index (χ1) is 7.69. The lowest BCUT2D eigenvalue weighted by Gasteiger charge is -2.05. The van der Waals surface area contributed by atoms with Gasteiger partial charge >= 0.3 is 5.97 Å². The molecule has 0 unspecified atom stereocenters. The van der Waals surface area contributed by atoms with Gasteiger partial charge in [-0.15, -0.1) is 0 Å². The van der Waals surface area contributed by atoms with Crippen molar-refractivity contribution in [3.05, 3.63) is 35.4 Å². The van der Waals surface area contributed by atoms with Crippen LogP contribution in [-0.4, -0.2) is 24.5 Å². The summed E-state index contributed by atoms with van der Waals surface area (Å²) in [6.07, 6.45) is 4.45. The molecule has 84 valence electrons. The van der Waals surface area contributed by atoms with Gasteiger partial charge < -0.3 is 14.6 Å². The molecule has 1 aromatic carbocycles. The second-order valence-electron chi connectivity index (χ2n) is 3.07. The van der Waals surface area contributed by atoms with Gasteiger partial charge in [0.25, 0.3) is 0 Å². The molecule has 0 fully saturated rings. The molecule has 0 bridgehead atoms. The smallest absolute Gasteiger partial charge is 0.339 e. The Morgan fingerprint density at radius 3 is 2.81 bits per heavy atom. The van der Waals surface area contributed by atoms with Crippen molar-refractivity contribution in [1.82, 2.24) is 0 Å². The summed E-state index contributed by atoms with van der Waals surface area (Å²) in [5.41, 5.74) is 0.829. The third-order valence-corrected chi connectivity index (χ3v) is 2.00. The zero-order valence-corrected chi connectivity index (χ0v) is 8.84. The Hall–Kier alpha value is -2.10. The van der Waals surface area contributed by atoms with E-state index in [1.807, 2.05) is 0 Å². The Kier molecular flexibility index (Phi) is 4.27. The molecule has 0 atom stereocenters. The van der Waals surface area contributed by atoms with E-state index in [1.54, 1.807) is 24.3 Å². The zero-order valence-electron chi connectivity index (χ0n) is 8.84. The maximum atomic E-state index is 10.9. The number of carbonyl (C=O) groups is 2. The van der Waals surface area contributed by atoms with Crippen LogP contribution in [0.25, 0.3) is 6.08 Å². The van der Waals surface area contributed by atoms with Crippen LogP contribution in [-0.2, 0) is 4.79 Å². The number of benzene rings is 1. The highest BCUT2D eigenvalue weighted by Crippen LogP contribution is 2.20. The van der Waals surface area contributed by atoms with Gasteiger partial charge in [0, 0.05) is 6.42 Å². The van der Waals surface area contributed by atoms with Crippen LogP contribution in [0.15, 0.2) is 24.3 Å². The third kappa shape index (κ3) is 2.95. The van der Waals surface area contributed by atoms with Crippen LogP contribution < -0.4 is 4.74 Å². The normalized spacial score (nSPS) is 10.3. The molecule has 0 amide bonds. The number of ether oxygens (including phenoxy) is 1. The molecule has 0 saturated carbocycles. The van der Waals surface area contributed by atoms with E-state index in [1.165, 1.54) is 13.2 Å². The number of carboxylic acid groups (broad SMARTS) is 1. The van der Waals surface area contributed by atoms with Gasteiger partial charge in [-0.2, -0.15) is 0 Å². The highest BCUT2D eigenvalue weighted by molar-refractivity contribution is 5.91. The van der Waals surface area contributed by atoms with Crippen LogP contribution in [0, 0.1) is 0 Å². The second-order valence-corrected chi connectivity index (χ2v) is 3.07. The standard InChI is InChI=1S/C12H12O4/c1-16-11-6-5-9(4-2-3-7-13)8-10(11)12(14)15/h2,4-8H,3H2,1H3,(H,14,15). The molecule has 16 heavy (non-hydrogen) atoms. The van der Waals surface area contributed by atoms with Crippen molar-refractivity contribution in [2.45, 2.75) is 6.42 Å². The molecule has 1 rings (SSSR count). The van der Waals surface area contributed by atoms with E-state index in [-0.39, 0.29) is 5.56 Å². The van der Waals surface area contributed by atoms with E-state index in [9.17, 15) is 9.59 Å². The highest BCUT2D eigenvalue weighted by Gasteiger charge is 2.10. The Morgan fingerprint density at radius 1 is 1.50 bits per heavy atom. The highest BCUT2D eigenvalue weighted by atomic mass is 16.5. The topological polar surface area (TPSA) is 63.6 Å². The minimum atomic E-state index is -1.04.